The third kappa shape index (κ3) is 1.74. The maximum Gasteiger partial charge on any atom is 0.186 e. The number of piperidine rings is 1. The number of Topliss-reactive ketones (excluding diaryl/α,β-unsaturated/α-hetero) is 1. The van der Waals surface area contributed by atoms with Crippen LogP contribution in [0.3, 0.4) is 0 Å². The first-order valence-corrected chi connectivity index (χ1v) is 9.67. The molecule has 0 aromatic heterocycles. The largest absolute Gasteiger partial charge is 0.411 e. The summed E-state index contributed by atoms with van der Waals surface area (Å²) in [5, 5.41) is 13.0. The molecule has 4 heteroatoms. The molecule has 1 aromatic rings. The van der Waals surface area contributed by atoms with Gasteiger partial charge in [0.1, 0.15) is 5.71 Å². The van der Waals surface area contributed by atoms with Crippen molar-refractivity contribution in [3.8, 4) is 0 Å². The van der Waals surface area contributed by atoms with E-state index in [2.05, 4.69) is 63.9 Å². The van der Waals surface area contributed by atoms with Crippen LogP contribution in [0.2, 0.25) is 0 Å². The number of rotatable bonds is 0. The van der Waals surface area contributed by atoms with Gasteiger partial charge in [-0.1, -0.05) is 38.1 Å². The summed E-state index contributed by atoms with van der Waals surface area (Å²) in [5.41, 5.74) is 4.81. The van der Waals surface area contributed by atoms with E-state index < -0.39 is 5.41 Å². The number of carbonyl (C=O) groups is 1. The van der Waals surface area contributed by atoms with Crippen molar-refractivity contribution in [2.75, 3.05) is 13.6 Å². The van der Waals surface area contributed by atoms with Crippen LogP contribution in [0.5, 0.6) is 0 Å². The lowest BCUT2D eigenvalue weighted by Crippen LogP contribution is -2.74. The second-order valence-electron chi connectivity index (χ2n) is 9.49. The second-order valence-corrected chi connectivity index (χ2v) is 9.49. The van der Waals surface area contributed by atoms with Gasteiger partial charge in [0.2, 0.25) is 0 Å². The van der Waals surface area contributed by atoms with E-state index in [0.29, 0.717) is 18.2 Å². The lowest BCUT2D eigenvalue weighted by Gasteiger charge is -2.69. The molecule has 140 valence electrons. The normalized spacial score (nSPS) is 37.4. The number of hydrogen-bond donors (Lipinski definition) is 1. The van der Waals surface area contributed by atoms with Crippen molar-refractivity contribution in [2.24, 2.45) is 16.0 Å². The molecule has 2 fully saturated rings. The Bertz CT molecular complexity index is 841. The van der Waals surface area contributed by atoms with Crippen LogP contribution in [0.4, 0.5) is 0 Å². The van der Waals surface area contributed by atoms with Gasteiger partial charge in [0.05, 0.1) is 0 Å². The third-order valence-corrected chi connectivity index (χ3v) is 8.30. The number of oxime groups is 1. The highest BCUT2D eigenvalue weighted by atomic mass is 16.4. The molecule has 26 heavy (non-hydrogen) atoms. The van der Waals surface area contributed by atoms with Crippen molar-refractivity contribution in [1.29, 1.82) is 0 Å². The van der Waals surface area contributed by atoms with Gasteiger partial charge < -0.3 is 10.1 Å². The minimum absolute atomic E-state index is 0.00883. The van der Waals surface area contributed by atoms with Crippen molar-refractivity contribution in [3.05, 3.63) is 34.4 Å². The van der Waals surface area contributed by atoms with Gasteiger partial charge in [-0.25, -0.2) is 0 Å². The molecular formula is C22H30N2O2. The van der Waals surface area contributed by atoms with Gasteiger partial charge in [-0.2, -0.15) is 0 Å². The van der Waals surface area contributed by atoms with Crippen LogP contribution in [0.15, 0.2) is 17.3 Å². The maximum absolute atomic E-state index is 13.4. The van der Waals surface area contributed by atoms with Gasteiger partial charge in [0.25, 0.3) is 0 Å². The van der Waals surface area contributed by atoms with Crippen molar-refractivity contribution >= 4 is 11.5 Å². The van der Waals surface area contributed by atoms with Crippen LogP contribution in [-0.4, -0.2) is 41.2 Å². The second kappa shape index (κ2) is 5.19. The van der Waals surface area contributed by atoms with Gasteiger partial charge in [-0.15, -0.1) is 0 Å². The topological polar surface area (TPSA) is 52.9 Å². The standard InChI is InChI=1S/C22H30N2O2/c1-13-7-8-15-11-17-21(5)12-16(23-26)19(25)20(3,4)22(21,9-10-24(17)6)18(15)14(13)2/h7-8,17,26H,9-12H2,1-6H3/b23-16+/t17?,21-,22-/m0/s1. The summed E-state index contributed by atoms with van der Waals surface area (Å²) in [4.78, 5) is 15.8. The molecular weight excluding hydrogens is 324 g/mol. The molecule has 1 N–H and O–H groups in total. The molecule has 2 aliphatic carbocycles. The van der Waals surface area contributed by atoms with E-state index in [0.717, 1.165) is 19.4 Å². The molecule has 2 bridgehead atoms. The summed E-state index contributed by atoms with van der Waals surface area (Å²) >= 11 is 0. The molecule has 1 saturated carbocycles. The summed E-state index contributed by atoms with van der Waals surface area (Å²) in [7, 11) is 2.20. The van der Waals surface area contributed by atoms with E-state index in [-0.39, 0.29) is 16.6 Å². The summed E-state index contributed by atoms with van der Waals surface area (Å²) in [6.07, 6.45) is 2.51. The minimum atomic E-state index is -0.602. The first-order chi connectivity index (χ1) is 12.1. The summed E-state index contributed by atoms with van der Waals surface area (Å²) in [5.74, 6) is 0.00883. The zero-order valence-corrected chi connectivity index (χ0v) is 16.8. The number of ketones is 1. The van der Waals surface area contributed by atoms with Gasteiger partial charge in [0.15, 0.2) is 5.78 Å². The molecule has 1 unspecified atom stereocenters. The van der Waals surface area contributed by atoms with Crippen molar-refractivity contribution in [2.45, 2.75) is 65.3 Å². The lowest BCUT2D eigenvalue weighted by molar-refractivity contribution is -0.147. The molecule has 1 aliphatic heterocycles. The Balaban J connectivity index is 2.13. The van der Waals surface area contributed by atoms with E-state index >= 15 is 0 Å². The maximum atomic E-state index is 13.4. The van der Waals surface area contributed by atoms with Crippen molar-refractivity contribution < 1.29 is 10.0 Å². The molecule has 1 aromatic carbocycles. The Morgan fingerprint density at radius 1 is 1.23 bits per heavy atom. The zero-order valence-electron chi connectivity index (χ0n) is 16.8. The molecule has 4 nitrogen and oxygen atoms in total. The van der Waals surface area contributed by atoms with Crippen molar-refractivity contribution in [1.82, 2.24) is 4.90 Å². The number of likely N-dealkylation sites (tertiary alicyclic amines) is 1. The summed E-state index contributed by atoms with van der Waals surface area (Å²) in [6, 6.07) is 4.85. The van der Waals surface area contributed by atoms with Crippen LogP contribution in [0.25, 0.3) is 0 Å². The van der Waals surface area contributed by atoms with Crippen LogP contribution >= 0.6 is 0 Å². The average molecular weight is 354 g/mol. The Morgan fingerprint density at radius 2 is 1.92 bits per heavy atom. The lowest BCUT2D eigenvalue weighted by atomic mass is 9.36. The number of benzene rings is 1. The number of carbonyl (C=O) groups excluding carboxylic acids is 1. The van der Waals surface area contributed by atoms with Crippen LogP contribution in [0, 0.1) is 24.7 Å². The fourth-order valence-corrected chi connectivity index (χ4v) is 6.86. The molecule has 0 amide bonds. The smallest absolute Gasteiger partial charge is 0.186 e. The van der Waals surface area contributed by atoms with Gasteiger partial charge in [-0.05, 0) is 68.0 Å². The zero-order chi connectivity index (χ0) is 19.1. The van der Waals surface area contributed by atoms with Gasteiger partial charge in [-0.3, -0.25) is 4.79 Å². The highest BCUT2D eigenvalue weighted by Crippen LogP contribution is 2.68. The quantitative estimate of drug-likeness (QED) is 0.572. The molecule has 0 spiro atoms. The number of nitrogens with zero attached hydrogens (tertiary/aromatic N) is 2. The Morgan fingerprint density at radius 3 is 2.58 bits per heavy atom. The summed E-state index contributed by atoms with van der Waals surface area (Å²) in [6.45, 7) is 11.9. The van der Waals surface area contributed by atoms with E-state index in [4.69, 9.17) is 0 Å². The Kier molecular flexibility index (Phi) is 3.54. The SMILES string of the molecule is Cc1ccc2c(c1C)[C@]13CCN(C)C(C2)[C@]1(C)C/C(=N\O)C(=O)C3(C)C. The number of aryl methyl sites for hydroxylation is 1. The summed E-state index contributed by atoms with van der Waals surface area (Å²) < 4.78 is 0. The average Bonchev–Trinajstić information content (AvgIpc) is 2.58. The number of fused-ring (bicyclic) bond motifs is 1. The predicted molar refractivity (Wildman–Crippen MR) is 103 cm³/mol. The van der Waals surface area contributed by atoms with Crippen LogP contribution < -0.4 is 0 Å². The van der Waals surface area contributed by atoms with E-state index in [1.165, 1.54) is 22.3 Å². The molecule has 3 aliphatic rings. The molecule has 0 radical (unpaired) electrons. The third-order valence-electron chi connectivity index (χ3n) is 8.30. The van der Waals surface area contributed by atoms with Crippen molar-refractivity contribution in [3.63, 3.8) is 0 Å². The molecule has 3 atom stereocenters. The Hall–Kier alpha value is -1.68. The highest BCUT2D eigenvalue weighted by molar-refractivity contribution is 6.42. The highest BCUT2D eigenvalue weighted by Gasteiger charge is 2.71. The number of hydrogen-bond acceptors (Lipinski definition) is 4. The first-order valence-electron chi connectivity index (χ1n) is 9.67. The Labute approximate surface area is 156 Å². The predicted octanol–water partition coefficient (Wildman–Crippen LogP) is 3.64. The van der Waals surface area contributed by atoms with Gasteiger partial charge >= 0.3 is 0 Å². The fourth-order valence-electron chi connectivity index (χ4n) is 6.86. The first kappa shape index (κ1) is 17.7. The van der Waals surface area contributed by atoms with Crippen LogP contribution in [0.1, 0.15) is 55.9 Å². The molecule has 1 saturated heterocycles. The number of likely N-dealkylation sites (N-methyl/N-ethyl adjacent to an activating group) is 1. The van der Waals surface area contributed by atoms with E-state index in [1.807, 2.05) is 0 Å². The molecule has 4 rings (SSSR count). The van der Waals surface area contributed by atoms with Gasteiger partial charge in [0, 0.05) is 23.3 Å². The fraction of sp³-hybridized carbons (Fsp3) is 0.636. The van der Waals surface area contributed by atoms with E-state index in [9.17, 15) is 10.0 Å². The minimum Gasteiger partial charge on any atom is -0.411 e. The van der Waals surface area contributed by atoms with E-state index in [1.54, 1.807) is 0 Å². The van der Waals surface area contributed by atoms with Crippen LogP contribution in [-0.2, 0) is 16.6 Å². The monoisotopic (exact) mass is 354 g/mol. The molecule has 1 heterocycles.